The first kappa shape index (κ1) is 26.4. The highest BCUT2D eigenvalue weighted by Gasteiger charge is 2.33. The van der Waals surface area contributed by atoms with E-state index in [0.717, 1.165) is 24.1 Å². The van der Waals surface area contributed by atoms with Crippen molar-refractivity contribution in [3.63, 3.8) is 0 Å². The molecule has 0 atom stereocenters. The lowest BCUT2D eigenvalue weighted by molar-refractivity contribution is -0.00544. The van der Waals surface area contributed by atoms with Gasteiger partial charge in [0.25, 0.3) is 5.91 Å². The number of methoxy groups -OCH3 is 1. The second-order valence-electron chi connectivity index (χ2n) is 10.4. The van der Waals surface area contributed by atoms with E-state index in [0.29, 0.717) is 42.7 Å². The Balaban J connectivity index is 1.92. The molecular formula is C26H39ClN4O3. The number of carbonyl (C=O) groups is 1. The number of amides is 1. The molecule has 1 fully saturated rings. The van der Waals surface area contributed by atoms with Crippen LogP contribution in [0.5, 0.6) is 5.75 Å². The summed E-state index contributed by atoms with van der Waals surface area (Å²) in [5.41, 5.74) is 1.65. The summed E-state index contributed by atoms with van der Waals surface area (Å²) in [5.74, 6) is 1.17. The molecular weight excluding hydrogens is 452 g/mol. The molecule has 0 unspecified atom stereocenters. The number of ether oxygens (including phenoxy) is 1. The number of benzene rings is 1. The van der Waals surface area contributed by atoms with Crippen LogP contribution in [-0.2, 0) is 6.54 Å². The fourth-order valence-corrected chi connectivity index (χ4v) is 4.76. The lowest BCUT2D eigenvalue weighted by atomic mass is 9.79. The molecule has 0 radical (unpaired) electrons. The van der Waals surface area contributed by atoms with Gasteiger partial charge in [0, 0.05) is 36.4 Å². The van der Waals surface area contributed by atoms with Crippen molar-refractivity contribution in [3.8, 4) is 17.0 Å². The van der Waals surface area contributed by atoms with Crippen molar-refractivity contribution in [2.24, 2.45) is 11.8 Å². The zero-order valence-corrected chi connectivity index (χ0v) is 22.0. The van der Waals surface area contributed by atoms with Crippen molar-refractivity contribution in [1.29, 1.82) is 0 Å². The summed E-state index contributed by atoms with van der Waals surface area (Å²) >= 11 is 6.79. The molecule has 1 aromatic carbocycles. The van der Waals surface area contributed by atoms with E-state index in [4.69, 9.17) is 16.3 Å². The Hall–Kier alpha value is -2.25. The predicted molar refractivity (Wildman–Crippen MR) is 138 cm³/mol. The van der Waals surface area contributed by atoms with Crippen LogP contribution in [0.1, 0.15) is 70.8 Å². The number of aliphatic hydroxyl groups is 1. The fraction of sp³-hybridized carbons (Fsp3) is 0.615. The van der Waals surface area contributed by atoms with Crippen molar-refractivity contribution in [2.75, 3.05) is 19.0 Å². The molecule has 8 heteroatoms. The van der Waals surface area contributed by atoms with Gasteiger partial charge in [-0.25, -0.2) is 0 Å². The molecule has 3 rings (SSSR count). The summed E-state index contributed by atoms with van der Waals surface area (Å²) in [6.45, 7) is 11.3. The van der Waals surface area contributed by atoms with Gasteiger partial charge < -0.3 is 20.5 Å². The molecule has 1 aromatic heterocycles. The molecule has 34 heavy (non-hydrogen) atoms. The number of rotatable bonds is 9. The average molecular weight is 491 g/mol. The number of carbonyl (C=O) groups excluding carboxylic acids is 1. The molecule has 0 spiro atoms. The van der Waals surface area contributed by atoms with E-state index >= 15 is 0 Å². The number of hydrogen-bond donors (Lipinski definition) is 3. The Morgan fingerprint density at radius 2 is 1.97 bits per heavy atom. The average Bonchev–Trinajstić information content (AvgIpc) is 3.09. The Labute approximate surface area is 208 Å². The summed E-state index contributed by atoms with van der Waals surface area (Å²) in [4.78, 5) is 13.1. The molecule has 0 bridgehead atoms. The van der Waals surface area contributed by atoms with Gasteiger partial charge in [-0.15, -0.1) is 0 Å². The summed E-state index contributed by atoms with van der Waals surface area (Å²) in [6.07, 6.45) is 3.29. The van der Waals surface area contributed by atoms with E-state index in [1.165, 1.54) is 0 Å². The molecule has 1 aliphatic rings. The van der Waals surface area contributed by atoms with Crippen LogP contribution in [0.25, 0.3) is 11.3 Å². The van der Waals surface area contributed by atoms with E-state index in [1.54, 1.807) is 11.8 Å². The third-order valence-corrected chi connectivity index (χ3v) is 6.70. The number of anilines is 1. The van der Waals surface area contributed by atoms with Crippen molar-refractivity contribution in [1.82, 2.24) is 15.1 Å². The minimum absolute atomic E-state index is 0.163. The van der Waals surface area contributed by atoms with E-state index in [2.05, 4.69) is 50.4 Å². The maximum atomic E-state index is 13.1. The Morgan fingerprint density at radius 3 is 2.56 bits per heavy atom. The maximum absolute atomic E-state index is 13.1. The summed E-state index contributed by atoms with van der Waals surface area (Å²) in [6, 6.07) is 6.12. The van der Waals surface area contributed by atoms with Gasteiger partial charge in [-0.2, -0.15) is 5.10 Å². The van der Waals surface area contributed by atoms with Gasteiger partial charge in [-0.3, -0.25) is 9.48 Å². The van der Waals surface area contributed by atoms with Crippen LogP contribution in [0.3, 0.4) is 0 Å². The first-order valence-electron chi connectivity index (χ1n) is 12.2. The third kappa shape index (κ3) is 6.25. The molecule has 7 nitrogen and oxygen atoms in total. The van der Waals surface area contributed by atoms with Crippen LogP contribution in [0.2, 0.25) is 5.02 Å². The molecule has 2 aromatic rings. The van der Waals surface area contributed by atoms with Gasteiger partial charge in [0.2, 0.25) is 0 Å². The second-order valence-corrected chi connectivity index (χ2v) is 10.8. The van der Waals surface area contributed by atoms with Crippen molar-refractivity contribution >= 4 is 23.2 Å². The molecule has 188 valence electrons. The standard InChI is InChI=1S/C26H39ClN4O3/c1-16(2)14-31-24(20-8-7-19(29-17(3)4)13-21(20)34-6)22(27)23(30-31)25(32)28-15-26(33)11-9-18(5)10-12-26/h7-8,13,16-18,29,33H,9-12,14-15H2,1-6H3,(H,28,32). The lowest BCUT2D eigenvalue weighted by Gasteiger charge is -2.34. The monoisotopic (exact) mass is 490 g/mol. The number of aromatic nitrogens is 2. The van der Waals surface area contributed by atoms with Gasteiger partial charge in [-0.05, 0) is 63.5 Å². The third-order valence-electron chi connectivity index (χ3n) is 6.34. The van der Waals surface area contributed by atoms with Crippen LogP contribution in [-0.4, -0.2) is 46.1 Å². The number of hydrogen-bond acceptors (Lipinski definition) is 5. The maximum Gasteiger partial charge on any atom is 0.273 e. The van der Waals surface area contributed by atoms with Crippen LogP contribution in [0.4, 0.5) is 5.69 Å². The second kappa shape index (κ2) is 11.0. The van der Waals surface area contributed by atoms with Crippen LogP contribution in [0.15, 0.2) is 18.2 Å². The Morgan fingerprint density at radius 1 is 1.29 bits per heavy atom. The zero-order valence-electron chi connectivity index (χ0n) is 21.2. The minimum atomic E-state index is -0.875. The van der Waals surface area contributed by atoms with Gasteiger partial charge in [-0.1, -0.05) is 32.4 Å². The van der Waals surface area contributed by atoms with Gasteiger partial charge in [0.1, 0.15) is 5.75 Å². The lowest BCUT2D eigenvalue weighted by Crippen LogP contribution is -2.45. The molecule has 1 heterocycles. The molecule has 1 amide bonds. The van der Waals surface area contributed by atoms with Crippen molar-refractivity contribution in [2.45, 2.75) is 78.5 Å². The molecule has 1 aliphatic carbocycles. The number of halogens is 1. The highest BCUT2D eigenvalue weighted by Crippen LogP contribution is 2.39. The highest BCUT2D eigenvalue weighted by molar-refractivity contribution is 6.36. The number of nitrogens with one attached hydrogen (secondary N) is 2. The van der Waals surface area contributed by atoms with Crippen LogP contribution in [0, 0.1) is 11.8 Å². The zero-order chi connectivity index (χ0) is 25.0. The summed E-state index contributed by atoms with van der Waals surface area (Å²) in [7, 11) is 1.62. The molecule has 0 saturated heterocycles. The Bertz CT molecular complexity index is 994. The van der Waals surface area contributed by atoms with E-state index in [-0.39, 0.29) is 29.2 Å². The minimum Gasteiger partial charge on any atom is -0.496 e. The SMILES string of the molecule is COc1cc(NC(C)C)ccc1-c1c(Cl)c(C(=O)NCC2(O)CCC(C)CC2)nn1CC(C)C. The normalized spacial score (nSPS) is 20.6. The van der Waals surface area contributed by atoms with Gasteiger partial charge >= 0.3 is 0 Å². The first-order valence-corrected chi connectivity index (χ1v) is 12.6. The Kier molecular flexibility index (Phi) is 8.52. The first-order chi connectivity index (χ1) is 16.0. The predicted octanol–water partition coefficient (Wildman–Crippen LogP) is 5.36. The quantitative estimate of drug-likeness (QED) is 0.440. The molecule has 3 N–H and O–H groups in total. The largest absolute Gasteiger partial charge is 0.496 e. The summed E-state index contributed by atoms with van der Waals surface area (Å²) < 4.78 is 7.47. The van der Waals surface area contributed by atoms with Gasteiger partial charge in [0.05, 0.1) is 23.4 Å². The fourth-order valence-electron chi connectivity index (χ4n) is 4.44. The van der Waals surface area contributed by atoms with Crippen LogP contribution < -0.4 is 15.4 Å². The summed E-state index contributed by atoms with van der Waals surface area (Å²) in [5, 5.41) is 22.0. The molecule has 0 aliphatic heterocycles. The highest BCUT2D eigenvalue weighted by atomic mass is 35.5. The smallest absolute Gasteiger partial charge is 0.273 e. The van der Waals surface area contributed by atoms with Crippen molar-refractivity contribution in [3.05, 3.63) is 28.9 Å². The van der Waals surface area contributed by atoms with Crippen LogP contribution >= 0.6 is 11.6 Å². The van der Waals surface area contributed by atoms with Gasteiger partial charge in [0.15, 0.2) is 5.69 Å². The van der Waals surface area contributed by atoms with Crippen molar-refractivity contribution < 1.29 is 14.6 Å². The molecule has 1 saturated carbocycles. The van der Waals surface area contributed by atoms with E-state index in [1.807, 2.05) is 18.2 Å². The van der Waals surface area contributed by atoms with E-state index in [9.17, 15) is 9.90 Å². The topological polar surface area (TPSA) is 88.4 Å². The number of nitrogens with zero attached hydrogens (tertiary/aromatic N) is 2. The van der Waals surface area contributed by atoms with E-state index < -0.39 is 5.60 Å².